The third-order valence-corrected chi connectivity index (χ3v) is 4.35. The van der Waals surface area contributed by atoms with Crippen molar-refractivity contribution in [1.29, 1.82) is 0 Å². The molecule has 0 fully saturated rings. The third-order valence-electron chi connectivity index (χ3n) is 4.35. The maximum Gasteiger partial charge on any atom is 0.0110 e. The molecule has 3 atom stereocenters. The lowest BCUT2D eigenvalue weighted by Gasteiger charge is -2.33. The van der Waals surface area contributed by atoms with Crippen LogP contribution < -0.4 is 5.73 Å². The van der Waals surface area contributed by atoms with Gasteiger partial charge in [-0.2, -0.15) is 0 Å². The fourth-order valence-electron chi connectivity index (χ4n) is 2.65. The Labute approximate surface area is 122 Å². The van der Waals surface area contributed by atoms with E-state index in [4.69, 9.17) is 5.73 Å². The Morgan fingerprint density at radius 1 is 0.895 bits per heavy atom. The van der Waals surface area contributed by atoms with Crippen molar-refractivity contribution in [1.82, 2.24) is 4.90 Å². The fourth-order valence-corrected chi connectivity index (χ4v) is 2.65. The van der Waals surface area contributed by atoms with Gasteiger partial charge in [0.1, 0.15) is 0 Å². The summed E-state index contributed by atoms with van der Waals surface area (Å²) in [4.78, 5) is 2.71. The summed E-state index contributed by atoms with van der Waals surface area (Å²) in [5.74, 6) is 0.849. The van der Waals surface area contributed by atoms with Crippen LogP contribution in [0.2, 0.25) is 0 Å². The lowest BCUT2D eigenvalue weighted by atomic mass is 9.98. The molecule has 3 unspecified atom stereocenters. The first-order valence-corrected chi connectivity index (χ1v) is 8.58. The molecule has 0 aliphatic rings. The predicted octanol–water partition coefficient (Wildman–Crippen LogP) is 4.43. The van der Waals surface area contributed by atoms with Crippen molar-refractivity contribution in [3.8, 4) is 0 Å². The highest BCUT2D eigenvalue weighted by Gasteiger charge is 2.19. The van der Waals surface area contributed by atoms with Gasteiger partial charge in [0.25, 0.3) is 0 Å². The number of hydrogen-bond donors (Lipinski definition) is 1. The van der Waals surface area contributed by atoms with E-state index in [2.05, 4.69) is 39.5 Å². The first-order chi connectivity index (χ1) is 9.08. The highest BCUT2D eigenvalue weighted by Crippen LogP contribution is 2.17. The first kappa shape index (κ1) is 18.9. The second-order valence-corrected chi connectivity index (χ2v) is 6.18. The largest absolute Gasteiger partial charge is 0.328 e. The molecule has 0 aliphatic carbocycles. The van der Waals surface area contributed by atoms with E-state index in [9.17, 15) is 0 Å². The van der Waals surface area contributed by atoms with E-state index in [1.54, 1.807) is 0 Å². The molecule has 0 heterocycles. The minimum Gasteiger partial charge on any atom is -0.328 e. The molecular formula is C17H38N2. The Kier molecular flexibility index (Phi) is 11.7. The maximum atomic E-state index is 6.19. The summed E-state index contributed by atoms with van der Waals surface area (Å²) in [5, 5.41) is 0. The van der Waals surface area contributed by atoms with E-state index >= 15 is 0 Å². The van der Waals surface area contributed by atoms with Crippen LogP contribution in [0.25, 0.3) is 0 Å². The number of nitrogens with two attached hydrogens (primary N) is 1. The number of hydrogen-bond acceptors (Lipinski definition) is 2. The Morgan fingerprint density at radius 3 is 2.05 bits per heavy atom. The number of rotatable bonds is 12. The van der Waals surface area contributed by atoms with Gasteiger partial charge in [-0.3, -0.25) is 0 Å². The zero-order chi connectivity index (χ0) is 14.7. The van der Waals surface area contributed by atoms with Crippen LogP contribution in [0.15, 0.2) is 0 Å². The van der Waals surface area contributed by atoms with Gasteiger partial charge >= 0.3 is 0 Å². The molecule has 0 aromatic rings. The lowest BCUT2D eigenvalue weighted by Crippen LogP contribution is -2.41. The van der Waals surface area contributed by atoms with Gasteiger partial charge in [-0.25, -0.2) is 0 Å². The Bertz CT molecular complexity index is 194. The van der Waals surface area contributed by atoms with Gasteiger partial charge in [0.15, 0.2) is 0 Å². The van der Waals surface area contributed by atoms with E-state index in [1.165, 1.54) is 51.6 Å². The van der Waals surface area contributed by atoms with Crippen molar-refractivity contribution in [2.24, 2.45) is 11.7 Å². The van der Waals surface area contributed by atoms with Crippen LogP contribution in [0, 0.1) is 5.92 Å². The third kappa shape index (κ3) is 8.65. The summed E-state index contributed by atoms with van der Waals surface area (Å²) in [7, 11) is 0. The van der Waals surface area contributed by atoms with Crippen molar-refractivity contribution in [2.45, 2.75) is 91.6 Å². The molecule has 2 nitrogen and oxygen atoms in total. The van der Waals surface area contributed by atoms with Gasteiger partial charge in [-0.15, -0.1) is 0 Å². The van der Waals surface area contributed by atoms with Crippen molar-refractivity contribution in [3.63, 3.8) is 0 Å². The van der Waals surface area contributed by atoms with Gasteiger partial charge in [0.2, 0.25) is 0 Å². The normalized spacial score (nSPS) is 16.6. The molecule has 0 spiro atoms. The lowest BCUT2D eigenvalue weighted by molar-refractivity contribution is 0.158. The molecule has 2 heteroatoms. The minimum absolute atomic E-state index is 0.375. The molecule has 0 bridgehead atoms. The highest BCUT2D eigenvalue weighted by atomic mass is 15.1. The molecule has 0 aromatic heterocycles. The molecule has 0 rings (SSSR count). The van der Waals surface area contributed by atoms with Crippen molar-refractivity contribution in [3.05, 3.63) is 0 Å². The second-order valence-electron chi connectivity index (χ2n) is 6.18. The highest BCUT2D eigenvalue weighted by molar-refractivity contribution is 4.77. The zero-order valence-corrected chi connectivity index (χ0v) is 14.1. The Balaban J connectivity index is 4.46. The van der Waals surface area contributed by atoms with E-state index in [0.29, 0.717) is 12.1 Å². The minimum atomic E-state index is 0.375. The molecule has 0 saturated heterocycles. The summed E-state index contributed by atoms with van der Waals surface area (Å²) < 4.78 is 0. The average molecular weight is 271 g/mol. The molecule has 116 valence electrons. The van der Waals surface area contributed by atoms with E-state index in [-0.39, 0.29) is 0 Å². The SMILES string of the molecule is CCCC(CC(N)CC)N(CCC)CCC(C)CC. The summed E-state index contributed by atoms with van der Waals surface area (Å²) in [6.07, 6.45) is 8.72. The van der Waals surface area contributed by atoms with E-state index in [0.717, 1.165) is 12.3 Å². The standard InChI is InChI=1S/C17H38N2/c1-6-10-17(14-16(18)9-4)19(12-7-2)13-11-15(5)8-3/h15-17H,6-14,18H2,1-5H3. The van der Waals surface area contributed by atoms with Gasteiger partial charge in [0, 0.05) is 12.1 Å². The van der Waals surface area contributed by atoms with E-state index < -0.39 is 0 Å². The van der Waals surface area contributed by atoms with Crippen molar-refractivity contribution in [2.75, 3.05) is 13.1 Å². The summed E-state index contributed by atoms with van der Waals surface area (Å²) in [6, 6.07) is 1.07. The van der Waals surface area contributed by atoms with Crippen LogP contribution in [0.5, 0.6) is 0 Å². The smallest absolute Gasteiger partial charge is 0.0110 e. The van der Waals surface area contributed by atoms with Crippen LogP contribution in [-0.4, -0.2) is 30.1 Å². The molecule has 2 N–H and O–H groups in total. The molecule has 19 heavy (non-hydrogen) atoms. The fraction of sp³-hybridized carbons (Fsp3) is 1.00. The Hall–Kier alpha value is -0.0800. The first-order valence-electron chi connectivity index (χ1n) is 8.58. The summed E-state index contributed by atoms with van der Waals surface area (Å²) >= 11 is 0. The predicted molar refractivity (Wildman–Crippen MR) is 87.5 cm³/mol. The average Bonchev–Trinajstić information content (AvgIpc) is 2.42. The summed E-state index contributed by atoms with van der Waals surface area (Å²) in [6.45, 7) is 13.9. The molecule has 0 aromatic carbocycles. The quantitative estimate of drug-likeness (QED) is 0.568. The van der Waals surface area contributed by atoms with Gasteiger partial charge in [0.05, 0.1) is 0 Å². The van der Waals surface area contributed by atoms with Gasteiger partial charge in [-0.1, -0.05) is 47.5 Å². The van der Waals surface area contributed by atoms with Crippen LogP contribution >= 0.6 is 0 Å². The molecule has 0 radical (unpaired) electrons. The second kappa shape index (κ2) is 11.7. The molecule has 0 aliphatic heterocycles. The van der Waals surface area contributed by atoms with E-state index in [1.807, 2.05) is 0 Å². The summed E-state index contributed by atoms with van der Waals surface area (Å²) in [5.41, 5.74) is 6.19. The van der Waals surface area contributed by atoms with Gasteiger partial charge in [-0.05, 0) is 51.1 Å². The van der Waals surface area contributed by atoms with Gasteiger partial charge < -0.3 is 10.6 Å². The van der Waals surface area contributed by atoms with Crippen LogP contribution in [-0.2, 0) is 0 Å². The Morgan fingerprint density at radius 2 is 1.58 bits per heavy atom. The number of nitrogens with zero attached hydrogens (tertiary/aromatic N) is 1. The van der Waals surface area contributed by atoms with Crippen LogP contribution in [0.3, 0.4) is 0 Å². The van der Waals surface area contributed by atoms with Crippen LogP contribution in [0.4, 0.5) is 0 Å². The zero-order valence-electron chi connectivity index (χ0n) is 14.1. The van der Waals surface area contributed by atoms with Crippen LogP contribution in [0.1, 0.15) is 79.6 Å². The van der Waals surface area contributed by atoms with Crippen molar-refractivity contribution >= 4 is 0 Å². The molecule has 0 saturated carbocycles. The molecule has 0 amide bonds. The topological polar surface area (TPSA) is 29.3 Å². The molecular weight excluding hydrogens is 232 g/mol. The maximum absolute atomic E-state index is 6.19. The van der Waals surface area contributed by atoms with Crippen molar-refractivity contribution < 1.29 is 0 Å². The monoisotopic (exact) mass is 270 g/mol.